The first-order chi connectivity index (χ1) is 13.3. The largest absolute Gasteiger partial charge is 0.508 e. The second kappa shape index (κ2) is 10.6. The molecule has 1 N–H and O–H groups in total. The molecule has 0 fully saturated rings. The van der Waals surface area contributed by atoms with Gasteiger partial charge in [-0.15, -0.1) is 11.8 Å². The topological polar surface area (TPSA) is 29.5 Å². The summed E-state index contributed by atoms with van der Waals surface area (Å²) in [6.45, 7) is 4.49. The van der Waals surface area contributed by atoms with Crippen molar-refractivity contribution in [1.82, 2.24) is 0 Å². The molecular weight excluding hydrogens is 385 g/mol. The number of aryl methyl sites for hydroxylation is 1. The first kappa shape index (κ1) is 22.5. The lowest BCUT2D eigenvalue weighted by molar-refractivity contribution is -0.137. The van der Waals surface area contributed by atoms with Crippen molar-refractivity contribution >= 4 is 11.8 Å². The molecule has 6 heteroatoms. The van der Waals surface area contributed by atoms with Crippen LogP contribution < -0.4 is 4.74 Å². The summed E-state index contributed by atoms with van der Waals surface area (Å²) >= 11 is 1.71. The molecule has 0 radical (unpaired) electrons. The normalized spacial score (nSPS) is 12.8. The molecule has 0 heterocycles. The average molecular weight is 413 g/mol. The van der Waals surface area contributed by atoms with Gasteiger partial charge >= 0.3 is 6.18 Å². The van der Waals surface area contributed by atoms with Gasteiger partial charge in [-0.2, -0.15) is 13.2 Å². The van der Waals surface area contributed by atoms with Gasteiger partial charge in [-0.25, -0.2) is 0 Å². The zero-order valence-corrected chi connectivity index (χ0v) is 17.1. The number of alkyl halides is 3. The van der Waals surface area contributed by atoms with Gasteiger partial charge in [0.15, 0.2) is 0 Å². The maximum atomic E-state index is 12.7. The SMILES string of the molecule is CCCCCC(COc1ccc(C(F)(F)F)cc1)CSc1ccc(O)c(C)c1. The molecule has 0 spiro atoms. The lowest BCUT2D eigenvalue weighted by atomic mass is 10.0. The van der Waals surface area contributed by atoms with E-state index in [9.17, 15) is 18.3 Å². The number of phenolic OH excluding ortho intramolecular Hbond substituents is 1. The molecule has 28 heavy (non-hydrogen) atoms. The monoisotopic (exact) mass is 412 g/mol. The molecule has 1 atom stereocenters. The lowest BCUT2D eigenvalue weighted by Gasteiger charge is -2.18. The Bertz CT molecular complexity index is 730. The van der Waals surface area contributed by atoms with E-state index in [0.29, 0.717) is 18.3 Å². The number of unbranched alkanes of at least 4 members (excludes halogenated alkanes) is 2. The van der Waals surface area contributed by atoms with Crippen molar-refractivity contribution in [2.45, 2.75) is 50.6 Å². The fourth-order valence-electron chi connectivity index (χ4n) is 2.78. The van der Waals surface area contributed by atoms with Crippen LogP contribution in [0.25, 0.3) is 0 Å². The van der Waals surface area contributed by atoms with Gasteiger partial charge in [0, 0.05) is 16.6 Å². The summed E-state index contributed by atoms with van der Waals surface area (Å²) in [6, 6.07) is 10.4. The van der Waals surface area contributed by atoms with E-state index in [4.69, 9.17) is 4.74 Å². The minimum atomic E-state index is -4.33. The van der Waals surface area contributed by atoms with E-state index in [-0.39, 0.29) is 5.75 Å². The lowest BCUT2D eigenvalue weighted by Crippen LogP contribution is -2.15. The van der Waals surface area contributed by atoms with Crippen molar-refractivity contribution in [2.75, 3.05) is 12.4 Å². The highest BCUT2D eigenvalue weighted by Crippen LogP contribution is 2.31. The summed E-state index contributed by atoms with van der Waals surface area (Å²) in [5.74, 6) is 1.90. The van der Waals surface area contributed by atoms with Crippen LogP contribution in [-0.2, 0) is 6.18 Å². The first-order valence-corrected chi connectivity index (χ1v) is 10.5. The van der Waals surface area contributed by atoms with E-state index in [1.165, 1.54) is 12.1 Å². The van der Waals surface area contributed by atoms with Gasteiger partial charge in [0.1, 0.15) is 11.5 Å². The quantitative estimate of drug-likeness (QED) is 0.334. The van der Waals surface area contributed by atoms with Crippen LogP contribution in [-0.4, -0.2) is 17.5 Å². The van der Waals surface area contributed by atoms with Crippen molar-refractivity contribution in [3.63, 3.8) is 0 Å². The minimum absolute atomic E-state index is 0.287. The van der Waals surface area contributed by atoms with Crippen LogP contribution in [0.5, 0.6) is 11.5 Å². The maximum absolute atomic E-state index is 12.7. The number of ether oxygens (including phenoxy) is 1. The molecule has 2 aromatic rings. The fourth-order valence-corrected chi connectivity index (χ4v) is 3.90. The Morgan fingerprint density at radius 3 is 2.39 bits per heavy atom. The van der Waals surface area contributed by atoms with Crippen molar-refractivity contribution in [3.8, 4) is 11.5 Å². The molecule has 0 amide bonds. The summed E-state index contributed by atoms with van der Waals surface area (Å²) in [5.41, 5.74) is 0.172. The molecule has 2 nitrogen and oxygen atoms in total. The number of thioether (sulfide) groups is 1. The Hall–Kier alpha value is -1.82. The van der Waals surface area contributed by atoms with Gasteiger partial charge in [-0.3, -0.25) is 0 Å². The molecule has 154 valence electrons. The number of hydrogen-bond donors (Lipinski definition) is 1. The molecular formula is C22H27F3O2S. The highest BCUT2D eigenvalue weighted by atomic mass is 32.2. The Morgan fingerprint density at radius 1 is 1.07 bits per heavy atom. The van der Waals surface area contributed by atoms with Gasteiger partial charge in [0.05, 0.1) is 12.2 Å². The molecule has 2 aromatic carbocycles. The third kappa shape index (κ3) is 7.30. The Balaban J connectivity index is 1.93. The number of benzene rings is 2. The minimum Gasteiger partial charge on any atom is -0.508 e. The molecule has 0 aliphatic rings. The number of aromatic hydroxyl groups is 1. The van der Waals surface area contributed by atoms with Crippen LogP contribution >= 0.6 is 11.8 Å². The Kier molecular flexibility index (Phi) is 8.55. The smallest absolute Gasteiger partial charge is 0.416 e. The molecule has 0 bridgehead atoms. The summed E-state index contributed by atoms with van der Waals surface area (Å²) in [7, 11) is 0. The zero-order chi connectivity index (χ0) is 20.6. The number of halogens is 3. The third-order valence-electron chi connectivity index (χ3n) is 4.54. The van der Waals surface area contributed by atoms with Crippen molar-refractivity contribution in [2.24, 2.45) is 5.92 Å². The Labute approximate surface area is 169 Å². The molecule has 0 saturated heterocycles. The van der Waals surface area contributed by atoms with E-state index < -0.39 is 11.7 Å². The number of rotatable bonds is 10. The van der Waals surface area contributed by atoms with Crippen LogP contribution in [0, 0.1) is 12.8 Å². The van der Waals surface area contributed by atoms with Gasteiger partial charge in [-0.1, -0.05) is 26.2 Å². The van der Waals surface area contributed by atoms with E-state index >= 15 is 0 Å². The molecule has 0 aliphatic heterocycles. The molecule has 0 aromatic heterocycles. The second-order valence-corrected chi connectivity index (χ2v) is 8.05. The summed E-state index contributed by atoms with van der Waals surface area (Å²) < 4.78 is 43.8. The fraction of sp³-hybridized carbons (Fsp3) is 0.455. The predicted octanol–water partition coefficient (Wildman–Crippen LogP) is 7.09. The van der Waals surface area contributed by atoms with Crippen molar-refractivity contribution < 1.29 is 23.0 Å². The van der Waals surface area contributed by atoms with Crippen LogP contribution in [0.1, 0.15) is 43.7 Å². The second-order valence-electron chi connectivity index (χ2n) is 6.95. The van der Waals surface area contributed by atoms with Crippen LogP contribution in [0.4, 0.5) is 13.2 Å². The summed E-state index contributed by atoms with van der Waals surface area (Å²) in [4.78, 5) is 1.09. The molecule has 0 saturated carbocycles. The highest BCUT2D eigenvalue weighted by molar-refractivity contribution is 7.99. The zero-order valence-electron chi connectivity index (χ0n) is 16.3. The first-order valence-electron chi connectivity index (χ1n) is 9.52. The maximum Gasteiger partial charge on any atom is 0.416 e. The van der Waals surface area contributed by atoms with Crippen molar-refractivity contribution in [1.29, 1.82) is 0 Å². The number of phenols is 1. The van der Waals surface area contributed by atoms with E-state index in [2.05, 4.69) is 6.92 Å². The number of hydrogen-bond acceptors (Lipinski definition) is 3. The van der Waals surface area contributed by atoms with Gasteiger partial charge < -0.3 is 9.84 Å². The van der Waals surface area contributed by atoms with E-state index in [1.54, 1.807) is 17.8 Å². The van der Waals surface area contributed by atoms with E-state index in [0.717, 1.165) is 54.0 Å². The van der Waals surface area contributed by atoms with Crippen LogP contribution in [0.2, 0.25) is 0 Å². The van der Waals surface area contributed by atoms with Gasteiger partial charge in [-0.05, 0) is 61.4 Å². The van der Waals surface area contributed by atoms with Crippen LogP contribution in [0.15, 0.2) is 47.4 Å². The van der Waals surface area contributed by atoms with Crippen LogP contribution in [0.3, 0.4) is 0 Å². The molecule has 2 rings (SSSR count). The van der Waals surface area contributed by atoms with Gasteiger partial charge in [0.25, 0.3) is 0 Å². The van der Waals surface area contributed by atoms with E-state index in [1.807, 2.05) is 19.1 Å². The standard InChI is InChI=1S/C22H27F3O2S/c1-3-4-5-6-17(15-28-20-11-12-21(26)16(2)13-20)14-27-19-9-7-18(8-10-19)22(23,24)25/h7-13,17,26H,3-6,14-15H2,1-2H3. The third-order valence-corrected chi connectivity index (χ3v) is 5.76. The highest BCUT2D eigenvalue weighted by Gasteiger charge is 2.30. The predicted molar refractivity (Wildman–Crippen MR) is 108 cm³/mol. The summed E-state index contributed by atoms with van der Waals surface area (Å²) in [6.07, 6.45) is 0.0713. The average Bonchev–Trinajstić information content (AvgIpc) is 2.66. The van der Waals surface area contributed by atoms with Gasteiger partial charge in [0.2, 0.25) is 0 Å². The summed E-state index contributed by atoms with van der Waals surface area (Å²) in [5, 5.41) is 9.64. The molecule has 0 aliphatic carbocycles. The van der Waals surface area contributed by atoms with Crippen molar-refractivity contribution in [3.05, 3.63) is 53.6 Å². The Morgan fingerprint density at radius 2 is 1.79 bits per heavy atom. The molecule has 1 unspecified atom stereocenters.